The van der Waals surface area contributed by atoms with E-state index in [1.54, 1.807) is 11.9 Å². The van der Waals surface area contributed by atoms with Crippen LogP contribution in [0.1, 0.15) is 47.4 Å². The van der Waals surface area contributed by atoms with Crippen LogP contribution in [0.25, 0.3) is 0 Å². The molecule has 1 aromatic heterocycles. The molecule has 1 fully saturated rings. The molecule has 0 radical (unpaired) electrons. The minimum Gasteiger partial charge on any atom is -0.388 e. The van der Waals surface area contributed by atoms with Crippen molar-refractivity contribution in [2.24, 2.45) is 0 Å². The molecule has 1 aliphatic carbocycles. The van der Waals surface area contributed by atoms with Gasteiger partial charge >= 0.3 is 0 Å². The molecule has 0 unspecified atom stereocenters. The predicted molar refractivity (Wildman–Crippen MR) is 68.4 cm³/mol. The summed E-state index contributed by atoms with van der Waals surface area (Å²) in [7, 11) is 1.74. The van der Waals surface area contributed by atoms with Crippen LogP contribution in [-0.4, -0.2) is 45.3 Å². The number of hydrogen-bond donors (Lipinski definition) is 2. The lowest BCUT2D eigenvalue weighted by Gasteiger charge is -2.28. The van der Waals surface area contributed by atoms with E-state index in [0.717, 1.165) is 31.4 Å². The Morgan fingerprint density at radius 2 is 2.06 bits per heavy atom. The molecule has 0 aliphatic heterocycles. The highest BCUT2D eigenvalue weighted by Crippen LogP contribution is 2.30. The topological polar surface area (TPSA) is 69.2 Å². The Bertz CT molecular complexity index is 428. The second kappa shape index (κ2) is 4.72. The normalized spacial score (nSPS) is 18.0. The van der Waals surface area contributed by atoms with Crippen LogP contribution in [0, 0.1) is 13.8 Å². The van der Waals surface area contributed by atoms with Crippen molar-refractivity contribution >= 4 is 5.91 Å². The minimum atomic E-state index is -0.698. The lowest BCUT2D eigenvalue weighted by molar-refractivity contribution is 0.0156. The van der Waals surface area contributed by atoms with Gasteiger partial charge in [0.05, 0.1) is 16.9 Å². The Morgan fingerprint density at radius 3 is 2.56 bits per heavy atom. The third-order valence-corrected chi connectivity index (χ3v) is 3.75. The summed E-state index contributed by atoms with van der Waals surface area (Å²) in [4.78, 5) is 13.9. The van der Waals surface area contributed by atoms with Gasteiger partial charge < -0.3 is 10.0 Å². The maximum Gasteiger partial charge on any atom is 0.257 e. The smallest absolute Gasteiger partial charge is 0.257 e. The van der Waals surface area contributed by atoms with Gasteiger partial charge in [-0.2, -0.15) is 5.10 Å². The number of amides is 1. The van der Waals surface area contributed by atoms with Crippen LogP contribution in [-0.2, 0) is 0 Å². The second-order valence-electron chi connectivity index (χ2n) is 5.40. The Morgan fingerprint density at radius 1 is 1.44 bits per heavy atom. The zero-order valence-corrected chi connectivity index (χ0v) is 11.3. The molecule has 2 N–H and O–H groups in total. The largest absolute Gasteiger partial charge is 0.388 e. The van der Waals surface area contributed by atoms with Crippen LogP contribution in [0.2, 0.25) is 0 Å². The first-order valence-corrected chi connectivity index (χ1v) is 6.42. The summed E-state index contributed by atoms with van der Waals surface area (Å²) in [5.41, 5.74) is 1.42. The molecule has 1 aromatic rings. The third-order valence-electron chi connectivity index (χ3n) is 3.75. The van der Waals surface area contributed by atoms with E-state index in [4.69, 9.17) is 0 Å². The average molecular weight is 251 g/mol. The molecule has 0 saturated heterocycles. The van der Waals surface area contributed by atoms with Gasteiger partial charge in [0.1, 0.15) is 0 Å². The summed E-state index contributed by atoms with van der Waals surface area (Å²) in [6.45, 7) is 4.05. The highest BCUT2D eigenvalue weighted by atomic mass is 16.3. The molecule has 5 heteroatoms. The van der Waals surface area contributed by atoms with Gasteiger partial charge in [-0.05, 0) is 26.7 Å². The summed E-state index contributed by atoms with van der Waals surface area (Å²) < 4.78 is 0. The third kappa shape index (κ3) is 2.41. The number of nitrogens with one attached hydrogen (secondary N) is 1. The van der Waals surface area contributed by atoms with E-state index in [-0.39, 0.29) is 5.91 Å². The van der Waals surface area contributed by atoms with E-state index in [0.29, 0.717) is 17.8 Å². The second-order valence-corrected chi connectivity index (χ2v) is 5.40. The maximum absolute atomic E-state index is 12.3. The molecule has 0 atom stereocenters. The lowest BCUT2D eigenvalue weighted by Crippen LogP contribution is -2.42. The Kier molecular flexibility index (Phi) is 3.43. The summed E-state index contributed by atoms with van der Waals surface area (Å²) in [5, 5.41) is 17.2. The van der Waals surface area contributed by atoms with Gasteiger partial charge in [-0.3, -0.25) is 9.89 Å². The van der Waals surface area contributed by atoms with Gasteiger partial charge in [0, 0.05) is 19.3 Å². The highest BCUT2D eigenvalue weighted by molar-refractivity contribution is 5.96. The van der Waals surface area contributed by atoms with E-state index in [1.165, 1.54) is 0 Å². The lowest BCUT2D eigenvalue weighted by atomic mass is 10.0. The van der Waals surface area contributed by atoms with Gasteiger partial charge in [-0.25, -0.2) is 0 Å². The molecular weight excluding hydrogens is 230 g/mol. The number of likely N-dealkylation sites (N-methyl/N-ethyl adjacent to an activating group) is 1. The van der Waals surface area contributed by atoms with Gasteiger partial charge in [0.2, 0.25) is 0 Å². The SMILES string of the molecule is Cc1n[nH]c(C)c1C(=O)N(C)CC1(O)CCCC1. The number of H-pyrrole nitrogens is 1. The fraction of sp³-hybridized carbons (Fsp3) is 0.692. The van der Waals surface area contributed by atoms with Crippen molar-refractivity contribution in [3.8, 4) is 0 Å². The number of nitrogens with zero attached hydrogens (tertiary/aromatic N) is 2. The van der Waals surface area contributed by atoms with Crippen molar-refractivity contribution in [2.45, 2.75) is 45.1 Å². The van der Waals surface area contributed by atoms with Gasteiger partial charge in [-0.1, -0.05) is 12.8 Å². The van der Waals surface area contributed by atoms with Crippen molar-refractivity contribution in [1.82, 2.24) is 15.1 Å². The quantitative estimate of drug-likeness (QED) is 0.853. The first-order chi connectivity index (χ1) is 8.43. The van der Waals surface area contributed by atoms with Crippen LogP contribution < -0.4 is 0 Å². The van der Waals surface area contributed by atoms with E-state index in [9.17, 15) is 9.90 Å². The molecule has 2 rings (SSSR count). The average Bonchev–Trinajstić information content (AvgIpc) is 2.85. The van der Waals surface area contributed by atoms with Crippen molar-refractivity contribution in [1.29, 1.82) is 0 Å². The monoisotopic (exact) mass is 251 g/mol. The van der Waals surface area contributed by atoms with Crippen molar-refractivity contribution in [2.75, 3.05) is 13.6 Å². The van der Waals surface area contributed by atoms with Crippen LogP contribution in [0.3, 0.4) is 0 Å². The van der Waals surface area contributed by atoms with Gasteiger partial charge in [-0.15, -0.1) is 0 Å². The first kappa shape index (κ1) is 13.1. The molecule has 5 nitrogen and oxygen atoms in total. The van der Waals surface area contributed by atoms with Crippen molar-refractivity contribution in [3.63, 3.8) is 0 Å². The molecule has 1 saturated carbocycles. The molecule has 0 spiro atoms. The van der Waals surface area contributed by atoms with E-state index in [2.05, 4.69) is 10.2 Å². The number of aromatic amines is 1. The predicted octanol–water partition coefficient (Wildman–Crippen LogP) is 1.40. The van der Waals surface area contributed by atoms with Crippen LogP contribution in [0.4, 0.5) is 0 Å². The molecular formula is C13H21N3O2. The number of carbonyl (C=O) groups is 1. The summed E-state index contributed by atoms with van der Waals surface area (Å²) in [6, 6.07) is 0. The van der Waals surface area contributed by atoms with Crippen molar-refractivity contribution in [3.05, 3.63) is 17.0 Å². The van der Waals surface area contributed by atoms with Crippen LogP contribution in [0.5, 0.6) is 0 Å². The van der Waals surface area contributed by atoms with Crippen molar-refractivity contribution < 1.29 is 9.90 Å². The Balaban J connectivity index is 2.10. The number of aromatic nitrogens is 2. The number of aliphatic hydroxyl groups is 1. The van der Waals surface area contributed by atoms with E-state index in [1.807, 2.05) is 13.8 Å². The first-order valence-electron chi connectivity index (χ1n) is 6.42. The minimum absolute atomic E-state index is 0.0703. The van der Waals surface area contributed by atoms with E-state index < -0.39 is 5.60 Å². The fourth-order valence-corrected chi connectivity index (χ4v) is 2.76. The summed E-state index contributed by atoms with van der Waals surface area (Å²) >= 11 is 0. The number of aryl methyl sites for hydroxylation is 2. The van der Waals surface area contributed by atoms with Gasteiger partial charge in [0.25, 0.3) is 5.91 Å². The standard InChI is InChI=1S/C13H21N3O2/c1-9-11(10(2)15-14-9)12(17)16(3)8-13(18)6-4-5-7-13/h18H,4-8H2,1-3H3,(H,14,15). The zero-order valence-electron chi connectivity index (χ0n) is 11.3. The molecule has 1 heterocycles. The molecule has 0 aromatic carbocycles. The molecule has 18 heavy (non-hydrogen) atoms. The summed E-state index contributed by atoms with van der Waals surface area (Å²) in [6.07, 6.45) is 3.66. The fourth-order valence-electron chi connectivity index (χ4n) is 2.76. The van der Waals surface area contributed by atoms with E-state index >= 15 is 0 Å². The Hall–Kier alpha value is -1.36. The summed E-state index contributed by atoms with van der Waals surface area (Å²) in [5.74, 6) is -0.0703. The van der Waals surface area contributed by atoms with Crippen LogP contribution in [0.15, 0.2) is 0 Å². The van der Waals surface area contributed by atoms with Gasteiger partial charge in [0.15, 0.2) is 0 Å². The maximum atomic E-state index is 12.3. The number of hydrogen-bond acceptors (Lipinski definition) is 3. The highest BCUT2D eigenvalue weighted by Gasteiger charge is 2.34. The molecule has 1 amide bonds. The van der Waals surface area contributed by atoms with Crippen LogP contribution >= 0.6 is 0 Å². The Labute approximate surface area is 107 Å². The number of carbonyl (C=O) groups excluding carboxylic acids is 1. The number of rotatable bonds is 3. The zero-order chi connectivity index (χ0) is 13.3. The molecule has 1 aliphatic rings. The molecule has 100 valence electrons. The molecule has 0 bridgehead atoms.